The molecule has 0 saturated heterocycles. The Morgan fingerprint density at radius 1 is 0.840 bits per heavy atom. The van der Waals surface area contributed by atoms with Gasteiger partial charge in [0.15, 0.2) is 0 Å². The number of benzene rings is 2. The Morgan fingerprint density at radius 3 is 2.22 bits per heavy atom. The molecule has 0 saturated carbocycles. The van der Waals surface area contributed by atoms with Crippen LogP contribution in [0.15, 0.2) is 77.3 Å². The van der Waals surface area contributed by atoms with Gasteiger partial charge >= 0.3 is 0 Å². The number of furan rings is 1. The zero-order valence-electron chi connectivity index (χ0n) is 31.1. The second-order valence-corrected chi connectivity index (χ2v) is 21.3. The van der Waals surface area contributed by atoms with Gasteiger partial charge in [0.1, 0.15) is 5.58 Å². The maximum atomic E-state index is 6.03. The molecule has 0 N–H and O–H groups in total. The first-order valence-electron chi connectivity index (χ1n) is 17.0. The normalized spacial score (nSPS) is 12.2. The topological polar surface area (TPSA) is 69.6 Å². The van der Waals surface area contributed by atoms with Gasteiger partial charge in [0, 0.05) is 48.4 Å². The van der Waals surface area contributed by atoms with Gasteiger partial charge in [-0.25, -0.2) is 0 Å². The molecule has 50 heavy (non-hydrogen) atoms. The number of hydrogen-bond donors (Lipinski definition) is 0. The second-order valence-electron chi connectivity index (χ2n) is 16.2. The number of fused-ring (bicyclic) bond motifs is 4. The molecule has 1 radical (unpaired) electrons. The van der Waals surface area contributed by atoms with E-state index in [1.807, 2.05) is 68.4 Å². The van der Waals surface area contributed by atoms with Crippen LogP contribution in [0.25, 0.3) is 55.7 Å². The van der Waals surface area contributed by atoms with Crippen LogP contribution in [0.1, 0.15) is 58.5 Å². The van der Waals surface area contributed by atoms with Gasteiger partial charge in [0.2, 0.25) is 0 Å². The van der Waals surface area contributed by atoms with E-state index < -0.39 is 8.07 Å². The quantitative estimate of drug-likeness (QED) is 0.130. The average Bonchev–Trinajstić information content (AvgIpc) is 3.59. The molecule has 0 fully saturated rings. The second kappa shape index (κ2) is 14.0. The van der Waals surface area contributed by atoms with Crippen molar-refractivity contribution in [2.24, 2.45) is 5.41 Å². The number of aryl methyl sites for hydroxylation is 2. The molecule has 2 aromatic carbocycles. The fourth-order valence-electron chi connectivity index (χ4n) is 6.51. The Kier molecular flexibility index (Phi) is 10.4. The molecule has 8 heteroatoms. The van der Waals surface area contributed by atoms with Crippen molar-refractivity contribution in [3.05, 3.63) is 102 Å². The summed E-state index contributed by atoms with van der Waals surface area (Å²) in [5.74, 6) is 0.827. The third-order valence-corrected chi connectivity index (χ3v) is 10.6. The predicted octanol–water partition coefficient (Wildman–Crippen LogP) is 10.2. The van der Waals surface area contributed by atoms with Gasteiger partial charge in [-0.15, -0.1) is 35.9 Å². The van der Waals surface area contributed by atoms with Crippen LogP contribution in [0.5, 0.6) is 0 Å². The van der Waals surface area contributed by atoms with Gasteiger partial charge in [-0.2, -0.15) is 0 Å². The summed E-state index contributed by atoms with van der Waals surface area (Å²) in [5, 5.41) is 2.48. The van der Waals surface area contributed by atoms with Crippen molar-refractivity contribution < 1.29 is 24.5 Å². The summed E-state index contributed by atoms with van der Waals surface area (Å²) in [7, 11) is -1.37. The van der Waals surface area contributed by atoms with Crippen molar-refractivity contribution in [1.82, 2.24) is 24.5 Å². The Labute approximate surface area is 311 Å². The fourth-order valence-corrected chi connectivity index (χ4v) is 8.09. The van der Waals surface area contributed by atoms with Gasteiger partial charge in [-0.1, -0.05) is 81.9 Å². The number of aromatic nitrogens is 5. The smallest absolute Gasteiger partial charge is 0.125 e. The van der Waals surface area contributed by atoms with Crippen LogP contribution in [-0.4, -0.2) is 32.6 Å². The Hall–Kier alpha value is -3.97. The molecule has 261 valence electrons. The number of rotatable bonds is 4. The van der Waals surface area contributed by atoms with Crippen LogP contribution < -0.4 is 5.19 Å². The van der Waals surface area contributed by atoms with E-state index in [9.17, 15) is 0 Å². The third kappa shape index (κ3) is 7.83. The first-order chi connectivity index (χ1) is 23.0. The van der Waals surface area contributed by atoms with Crippen molar-refractivity contribution in [2.75, 3.05) is 0 Å². The number of imidazole rings is 1. The number of nitrogens with zero attached hydrogens (tertiary/aromatic N) is 5. The fraction of sp³-hybridized carbons (Fsp3) is 0.333. The van der Waals surface area contributed by atoms with E-state index in [-0.39, 0.29) is 31.1 Å². The molecule has 0 spiro atoms. The van der Waals surface area contributed by atoms with Gasteiger partial charge < -0.3 is 19.0 Å². The van der Waals surface area contributed by atoms with Crippen LogP contribution >= 0.6 is 0 Å². The molecular weight excluding hydrogens is 811 g/mol. The minimum atomic E-state index is -1.37. The third-order valence-electron chi connectivity index (χ3n) is 8.51. The first kappa shape index (κ1) is 37.3. The molecule has 0 atom stereocenters. The SMILES string of the molecule is CC(C)(C)Cc1cc(-c2[c-]cccc2)ncc1[Si](C)(C)C.Cc1cc2nc(-c3[c-]nc4c(c3)oc3ccccc34)n(C(C)(C)C)c2c(C)n1.[Ir]. The molecule has 7 rings (SSSR count). The van der Waals surface area contributed by atoms with Gasteiger partial charge in [0.05, 0.1) is 36.2 Å². The van der Waals surface area contributed by atoms with Crippen LogP contribution in [0.4, 0.5) is 0 Å². The van der Waals surface area contributed by atoms with E-state index in [0.717, 1.165) is 73.6 Å². The van der Waals surface area contributed by atoms with Gasteiger partial charge in [-0.3, -0.25) is 9.97 Å². The number of para-hydroxylation sites is 1. The van der Waals surface area contributed by atoms with E-state index in [1.54, 1.807) is 0 Å². The van der Waals surface area contributed by atoms with E-state index >= 15 is 0 Å². The summed E-state index contributed by atoms with van der Waals surface area (Å²) in [4.78, 5) is 18.9. The Bertz CT molecular complexity index is 2290. The van der Waals surface area contributed by atoms with Crippen molar-refractivity contribution in [1.29, 1.82) is 0 Å². The zero-order chi connectivity index (χ0) is 35.3. The molecule has 0 bridgehead atoms. The van der Waals surface area contributed by atoms with Crippen molar-refractivity contribution in [3.63, 3.8) is 0 Å². The summed E-state index contributed by atoms with van der Waals surface area (Å²) < 4.78 is 8.25. The van der Waals surface area contributed by atoms with Crippen molar-refractivity contribution >= 4 is 46.4 Å². The molecule has 7 aromatic rings. The Morgan fingerprint density at radius 2 is 1.56 bits per heavy atom. The molecule has 6 nitrogen and oxygen atoms in total. The first-order valence-corrected chi connectivity index (χ1v) is 20.5. The maximum Gasteiger partial charge on any atom is 0.125 e. The molecular formula is C42H47IrN5OSi-2. The molecule has 0 aliphatic heterocycles. The van der Waals surface area contributed by atoms with E-state index in [4.69, 9.17) is 14.4 Å². The minimum absolute atomic E-state index is 0. The summed E-state index contributed by atoms with van der Waals surface area (Å²) in [5.41, 5.74) is 10.8. The summed E-state index contributed by atoms with van der Waals surface area (Å²) in [6.45, 7) is 24.6. The number of pyridine rings is 3. The van der Waals surface area contributed by atoms with E-state index in [1.165, 1.54) is 10.8 Å². The van der Waals surface area contributed by atoms with Gasteiger partial charge in [0.25, 0.3) is 0 Å². The maximum absolute atomic E-state index is 6.03. The molecule has 0 unspecified atom stereocenters. The molecule has 0 aliphatic rings. The minimum Gasteiger partial charge on any atom is -0.475 e. The van der Waals surface area contributed by atoms with Crippen LogP contribution in [0.3, 0.4) is 0 Å². The zero-order valence-corrected chi connectivity index (χ0v) is 34.5. The predicted molar refractivity (Wildman–Crippen MR) is 206 cm³/mol. The van der Waals surface area contributed by atoms with Crippen molar-refractivity contribution in [2.45, 2.75) is 87.0 Å². The molecule has 5 heterocycles. The van der Waals surface area contributed by atoms with E-state index in [2.05, 4.69) is 106 Å². The monoisotopic (exact) mass is 858 g/mol. The molecule has 0 amide bonds. The van der Waals surface area contributed by atoms with E-state index in [0.29, 0.717) is 0 Å². The van der Waals surface area contributed by atoms with Crippen LogP contribution in [0, 0.1) is 31.5 Å². The molecule has 0 aliphatic carbocycles. The summed E-state index contributed by atoms with van der Waals surface area (Å²) in [6, 6.07) is 25.6. The van der Waals surface area contributed by atoms with Gasteiger partial charge in [-0.05, 0) is 75.7 Å². The number of hydrogen-bond acceptors (Lipinski definition) is 5. The standard InChI is InChI=1S/C23H21N4O.C19H26NSi.Ir/c1-13-10-17-21(14(2)25-13)27(23(3,4)5)22(26-17)15-11-19-20(24-12-15)16-8-6-7-9-18(16)28-19;1-19(2,3)13-16-12-17(15-10-8-7-9-11-15)20-14-18(16)21(4,5)6;/h6-11H,1-5H3;7-10,12,14H,13H2,1-6H3;/q2*-1;. The summed E-state index contributed by atoms with van der Waals surface area (Å²) in [6.07, 6.45) is 6.41. The molecule has 5 aromatic heterocycles. The Balaban J connectivity index is 0.000000199. The summed E-state index contributed by atoms with van der Waals surface area (Å²) >= 11 is 0. The average molecular weight is 858 g/mol. The van der Waals surface area contributed by atoms with Crippen LogP contribution in [-0.2, 0) is 32.1 Å². The largest absolute Gasteiger partial charge is 0.475 e. The van der Waals surface area contributed by atoms with Crippen LogP contribution in [0.2, 0.25) is 19.6 Å². The van der Waals surface area contributed by atoms with Crippen molar-refractivity contribution in [3.8, 4) is 22.6 Å².